The first-order valence-electron chi connectivity index (χ1n) is 7.28. The van der Waals surface area contributed by atoms with E-state index in [0.717, 1.165) is 0 Å². The van der Waals surface area contributed by atoms with Crippen LogP contribution in [0, 0.1) is 0 Å². The molecule has 2 unspecified atom stereocenters. The van der Waals surface area contributed by atoms with E-state index in [-0.39, 0.29) is 18.8 Å². The van der Waals surface area contributed by atoms with Crippen molar-refractivity contribution >= 4 is 5.91 Å². The van der Waals surface area contributed by atoms with Gasteiger partial charge in [-0.15, -0.1) is 0 Å². The van der Waals surface area contributed by atoms with Crippen molar-refractivity contribution in [1.82, 2.24) is 5.06 Å². The topological polar surface area (TPSA) is 70.4 Å². The van der Waals surface area contributed by atoms with Crippen LogP contribution >= 0.6 is 0 Å². The van der Waals surface area contributed by atoms with Crippen LogP contribution in [0.15, 0.2) is 41.0 Å². The van der Waals surface area contributed by atoms with Crippen molar-refractivity contribution in [2.24, 2.45) is 0 Å². The van der Waals surface area contributed by atoms with E-state index in [4.69, 9.17) is 23.5 Å². The van der Waals surface area contributed by atoms with E-state index < -0.39 is 6.29 Å². The third-order valence-corrected chi connectivity index (χ3v) is 3.62. The molecule has 4 rings (SSSR count). The number of hydroxylamine groups is 2. The van der Waals surface area contributed by atoms with E-state index in [0.29, 0.717) is 29.4 Å². The average Bonchev–Trinajstić information content (AvgIpc) is 3.24. The van der Waals surface area contributed by atoms with Crippen LogP contribution in [0.4, 0.5) is 0 Å². The van der Waals surface area contributed by atoms with Gasteiger partial charge in [0.15, 0.2) is 17.3 Å². The second-order valence-corrected chi connectivity index (χ2v) is 5.33. The molecule has 0 aliphatic carbocycles. The third-order valence-electron chi connectivity index (χ3n) is 3.62. The van der Waals surface area contributed by atoms with Crippen LogP contribution in [0.5, 0.6) is 11.5 Å². The van der Waals surface area contributed by atoms with Crippen molar-refractivity contribution in [3.05, 3.63) is 47.9 Å². The molecule has 1 fully saturated rings. The zero-order valence-electron chi connectivity index (χ0n) is 12.4. The number of carbonyl (C=O) groups is 1. The standard InChI is InChI=1S/C16H15NO6/c1-10-8-17(23-16(22-10)13-3-2-6-19-13)15(18)11-4-5-12-14(7-11)21-9-20-12/h2-7,10,16H,8-9H2,1H3. The minimum Gasteiger partial charge on any atom is -0.464 e. The lowest BCUT2D eigenvalue weighted by Crippen LogP contribution is -2.44. The number of carbonyl (C=O) groups excluding carboxylic acids is 1. The van der Waals surface area contributed by atoms with Crippen LogP contribution in [0.3, 0.4) is 0 Å². The summed E-state index contributed by atoms with van der Waals surface area (Å²) < 4.78 is 21.5. The molecule has 0 spiro atoms. The van der Waals surface area contributed by atoms with Crippen molar-refractivity contribution in [1.29, 1.82) is 0 Å². The molecule has 0 radical (unpaired) electrons. The van der Waals surface area contributed by atoms with Gasteiger partial charge in [-0.2, -0.15) is 0 Å². The summed E-state index contributed by atoms with van der Waals surface area (Å²) in [5, 5.41) is 1.29. The zero-order valence-corrected chi connectivity index (χ0v) is 12.4. The predicted octanol–water partition coefficient (Wildman–Crippen LogP) is 2.50. The van der Waals surface area contributed by atoms with Gasteiger partial charge in [-0.05, 0) is 37.3 Å². The van der Waals surface area contributed by atoms with Crippen LogP contribution in [0.1, 0.15) is 29.3 Å². The van der Waals surface area contributed by atoms with Gasteiger partial charge in [-0.3, -0.25) is 4.79 Å². The first-order valence-corrected chi connectivity index (χ1v) is 7.28. The van der Waals surface area contributed by atoms with Gasteiger partial charge < -0.3 is 18.6 Å². The smallest absolute Gasteiger partial charge is 0.277 e. The Balaban J connectivity index is 1.55. The number of amides is 1. The molecule has 7 nitrogen and oxygen atoms in total. The number of rotatable bonds is 2. The molecule has 2 atom stereocenters. The summed E-state index contributed by atoms with van der Waals surface area (Å²) in [6.45, 7) is 2.36. The molecule has 1 amide bonds. The average molecular weight is 317 g/mol. The molecule has 23 heavy (non-hydrogen) atoms. The van der Waals surface area contributed by atoms with Gasteiger partial charge in [0.25, 0.3) is 5.91 Å². The number of furan rings is 1. The maximum atomic E-state index is 12.7. The normalized spacial score (nSPS) is 23.1. The lowest BCUT2D eigenvalue weighted by atomic mass is 10.2. The largest absolute Gasteiger partial charge is 0.464 e. The molecule has 0 saturated carbocycles. The molecule has 1 aromatic carbocycles. The second-order valence-electron chi connectivity index (χ2n) is 5.33. The monoisotopic (exact) mass is 317 g/mol. The molecule has 0 N–H and O–H groups in total. The maximum absolute atomic E-state index is 12.7. The Kier molecular flexibility index (Phi) is 3.44. The quantitative estimate of drug-likeness (QED) is 0.847. The Labute approximate surface area is 132 Å². The van der Waals surface area contributed by atoms with E-state index in [1.807, 2.05) is 6.92 Å². The predicted molar refractivity (Wildman–Crippen MR) is 76.7 cm³/mol. The fourth-order valence-corrected chi connectivity index (χ4v) is 2.52. The molecule has 2 aliphatic heterocycles. The molecule has 1 saturated heterocycles. The van der Waals surface area contributed by atoms with Crippen molar-refractivity contribution in [3.63, 3.8) is 0 Å². The van der Waals surface area contributed by atoms with Gasteiger partial charge in [0, 0.05) is 5.56 Å². The van der Waals surface area contributed by atoms with Gasteiger partial charge >= 0.3 is 0 Å². The van der Waals surface area contributed by atoms with Crippen LogP contribution in [-0.4, -0.2) is 30.4 Å². The fraction of sp³-hybridized carbons (Fsp3) is 0.312. The number of nitrogens with zero attached hydrogens (tertiary/aromatic N) is 1. The second kappa shape index (κ2) is 5.60. The van der Waals surface area contributed by atoms with Crippen LogP contribution in [-0.2, 0) is 9.57 Å². The zero-order chi connectivity index (χ0) is 15.8. The maximum Gasteiger partial charge on any atom is 0.277 e. The SMILES string of the molecule is CC1CN(C(=O)c2ccc3c(c2)OCO3)OC(c2ccco2)O1. The molecule has 3 heterocycles. The van der Waals surface area contributed by atoms with Gasteiger partial charge in [0.1, 0.15) is 0 Å². The van der Waals surface area contributed by atoms with E-state index >= 15 is 0 Å². The minimum atomic E-state index is -0.744. The number of fused-ring (bicyclic) bond motifs is 1. The number of hydrogen-bond donors (Lipinski definition) is 0. The Hall–Kier alpha value is -2.51. The van der Waals surface area contributed by atoms with E-state index in [1.165, 1.54) is 11.3 Å². The summed E-state index contributed by atoms with van der Waals surface area (Å²) in [6.07, 6.45) is 0.606. The first kappa shape index (κ1) is 14.1. The minimum absolute atomic E-state index is 0.165. The summed E-state index contributed by atoms with van der Waals surface area (Å²) >= 11 is 0. The number of hydrogen-bond acceptors (Lipinski definition) is 6. The third kappa shape index (κ3) is 2.64. The lowest BCUT2D eigenvalue weighted by Gasteiger charge is -2.34. The number of ether oxygens (including phenoxy) is 3. The van der Waals surface area contributed by atoms with E-state index in [2.05, 4.69) is 0 Å². The van der Waals surface area contributed by atoms with E-state index in [9.17, 15) is 4.79 Å². The molecule has 120 valence electrons. The lowest BCUT2D eigenvalue weighted by molar-refractivity contribution is -0.325. The highest BCUT2D eigenvalue weighted by molar-refractivity contribution is 5.94. The van der Waals surface area contributed by atoms with Crippen molar-refractivity contribution in [2.75, 3.05) is 13.3 Å². The van der Waals surface area contributed by atoms with Crippen LogP contribution < -0.4 is 9.47 Å². The summed E-state index contributed by atoms with van der Waals surface area (Å²) in [6, 6.07) is 8.53. The highest BCUT2D eigenvalue weighted by Gasteiger charge is 2.33. The molecule has 1 aromatic heterocycles. The Bertz CT molecular complexity index is 713. The van der Waals surface area contributed by atoms with E-state index in [1.54, 1.807) is 30.3 Å². The summed E-state index contributed by atoms with van der Waals surface area (Å²) in [5.41, 5.74) is 0.460. The fourth-order valence-electron chi connectivity index (χ4n) is 2.52. The van der Waals surface area contributed by atoms with Crippen LogP contribution in [0.2, 0.25) is 0 Å². The molecular weight excluding hydrogens is 302 g/mol. The molecule has 2 aliphatic rings. The van der Waals surface area contributed by atoms with Gasteiger partial charge in [0.2, 0.25) is 13.1 Å². The van der Waals surface area contributed by atoms with Crippen molar-refractivity contribution in [3.8, 4) is 11.5 Å². The van der Waals surface area contributed by atoms with Gasteiger partial charge in [-0.1, -0.05) is 0 Å². The Morgan fingerprint density at radius 3 is 2.91 bits per heavy atom. The van der Waals surface area contributed by atoms with Gasteiger partial charge in [-0.25, -0.2) is 9.90 Å². The Morgan fingerprint density at radius 2 is 2.09 bits per heavy atom. The highest BCUT2D eigenvalue weighted by Crippen LogP contribution is 2.34. The molecule has 7 heteroatoms. The van der Waals surface area contributed by atoms with Crippen molar-refractivity contribution in [2.45, 2.75) is 19.3 Å². The summed E-state index contributed by atoms with van der Waals surface area (Å²) in [5.74, 6) is 1.43. The van der Waals surface area contributed by atoms with Crippen molar-refractivity contribution < 1.29 is 28.3 Å². The molecular formula is C16H15NO6. The number of benzene rings is 1. The summed E-state index contributed by atoms with van der Waals surface area (Å²) in [4.78, 5) is 18.3. The van der Waals surface area contributed by atoms with Gasteiger partial charge in [0.05, 0.1) is 18.9 Å². The first-order chi connectivity index (χ1) is 11.2. The Morgan fingerprint density at radius 1 is 1.22 bits per heavy atom. The summed E-state index contributed by atoms with van der Waals surface area (Å²) in [7, 11) is 0. The molecule has 0 bridgehead atoms. The highest BCUT2D eigenvalue weighted by atomic mass is 16.8. The van der Waals surface area contributed by atoms with Crippen LogP contribution in [0.25, 0.3) is 0 Å². The molecule has 2 aromatic rings.